The van der Waals surface area contributed by atoms with Gasteiger partial charge in [0, 0.05) is 18.7 Å². The van der Waals surface area contributed by atoms with Gasteiger partial charge in [-0.25, -0.2) is 0 Å². The lowest BCUT2D eigenvalue weighted by atomic mass is 10.2. The Morgan fingerprint density at radius 2 is 2.04 bits per heavy atom. The standard InChI is InChI=1S/C19H18Cl2N2O3S/c1-11(2)9-23-18(24)17(22-19(23)27)8-13-3-4-14(26-13)10-25-12-5-6-15(20)16(21)7-12/h3-8,11H,9-10H2,1-2H3,(H,22,27)/b17-8+. The van der Waals surface area contributed by atoms with Gasteiger partial charge >= 0.3 is 0 Å². The molecule has 27 heavy (non-hydrogen) atoms. The Labute approximate surface area is 172 Å². The van der Waals surface area contributed by atoms with Crippen LogP contribution in [0.4, 0.5) is 0 Å². The van der Waals surface area contributed by atoms with Crippen molar-refractivity contribution in [3.63, 3.8) is 0 Å². The minimum absolute atomic E-state index is 0.154. The van der Waals surface area contributed by atoms with Gasteiger partial charge in [-0.1, -0.05) is 37.0 Å². The van der Waals surface area contributed by atoms with Gasteiger partial charge in [-0.05, 0) is 42.4 Å². The maximum absolute atomic E-state index is 12.5. The SMILES string of the molecule is CC(C)CN1C(=O)/C(=C\c2ccc(COc3ccc(Cl)c(Cl)c3)o2)NC1=S. The zero-order valence-corrected chi connectivity index (χ0v) is 17.1. The Morgan fingerprint density at radius 3 is 2.74 bits per heavy atom. The van der Waals surface area contributed by atoms with E-state index in [4.69, 9.17) is 44.6 Å². The van der Waals surface area contributed by atoms with Gasteiger partial charge in [0.1, 0.15) is 29.6 Å². The van der Waals surface area contributed by atoms with Crippen LogP contribution in [0.15, 0.2) is 40.4 Å². The third kappa shape index (κ3) is 4.83. The first-order valence-corrected chi connectivity index (χ1v) is 9.51. The highest BCUT2D eigenvalue weighted by Crippen LogP contribution is 2.27. The second-order valence-electron chi connectivity index (χ2n) is 6.47. The summed E-state index contributed by atoms with van der Waals surface area (Å²) in [5.41, 5.74) is 0.395. The number of nitrogens with one attached hydrogen (secondary N) is 1. The van der Waals surface area contributed by atoms with Crippen molar-refractivity contribution in [3.05, 3.63) is 57.6 Å². The first kappa shape index (κ1) is 19.7. The first-order valence-electron chi connectivity index (χ1n) is 8.34. The number of furan rings is 1. The molecule has 0 bridgehead atoms. The summed E-state index contributed by atoms with van der Waals surface area (Å²) in [6.45, 7) is 4.86. The van der Waals surface area contributed by atoms with Gasteiger partial charge in [0.25, 0.3) is 5.91 Å². The topological polar surface area (TPSA) is 54.7 Å². The van der Waals surface area contributed by atoms with E-state index in [1.165, 1.54) is 0 Å². The molecule has 0 atom stereocenters. The summed E-state index contributed by atoms with van der Waals surface area (Å²) >= 11 is 17.1. The fourth-order valence-electron chi connectivity index (χ4n) is 2.52. The van der Waals surface area contributed by atoms with E-state index in [-0.39, 0.29) is 12.5 Å². The summed E-state index contributed by atoms with van der Waals surface area (Å²) in [5, 5.41) is 4.24. The summed E-state index contributed by atoms with van der Waals surface area (Å²) in [6, 6.07) is 8.59. The second kappa shape index (κ2) is 8.33. The molecule has 1 N–H and O–H groups in total. The number of benzene rings is 1. The van der Waals surface area contributed by atoms with Gasteiger partial charge < -0.3 is 14.5 Å². The zero-order chi connectivity index (χ0) is 19.6. The highest BCUT2D eigenvalue weighted by atomic mass is 35.5. The molecule has 0 saturated carbocycles. The molecule has 0 unspecified atom stereocenters. The van der Waals surface area contributed by atoms with Crippen molar-refractivity contribution in [2.24, 2.45) is 5.92 Å². The monoisotopic (exact) mass is 424 g/mol. The molecule has 8 heteroatoms. The molecule has 1 saturated heterocycles. The van der Waals surface area contributed by atoms with Crippen LogP contribution in [0.5, 0.6) is 5.75 Å². The van der Waals surface area contributed by atoms with Gasteiger partial charge in [-0.2, -0.15) is 0 Å². The van der Waals surface area contributed by atoms with E-state index in [2.05, 4.69) is 5.32 Å². The molecule has 3 rings (SSSR count). The maximum Gasteiger partial charge on any atom is 0.276 e. The van der Waals surface area contributed by atoms with Crippen molar-refractivity contribution >= 4 is 52.5 Å². The molecule has 5 nitrogen and oxygen atoms in total. The molecule has 0 radical (unpaired) electrons. The number of ether oxygens (including phenoxy) is 1. The number of carbonyl (C=O) groups is 1. The van der Waals surface area contributed by atoms with Gasteiger partial charge in [0.05, 0.1) is 10.0 Å². The molecule has 2 heterocycles. The summed E-state index contributed by atoms with van der Waals surface area (Å²) in [7, 11) is 0. The molecule has 1 aromatic carbocycles. The Hall–Kier alpha value is -2.02. The number of amides is 1. The van der Waals surface area contributed by atoms with Crippen LogP contribution in [0.25, 0.3) is 6.08 Å². The minimum Gasteiger partial charge on any atom is -0.486 e. The second-order valence-corrected chi connectivity index (χ2v) is 7.67. The number of rotatable bonds is 6. The van der Waals surface area contributed by atoms with Crippen LogP contribution in [0.3, 0.4) is 0 Å². The van der Waals surface area contributed by atoms with E-state index in [0.29, 0.717) is 50.6 Å². The van der Waals surface area contributed by atoms with Crippen molar-refractivity contribution in [1.82, 2.24) is 10.2 Å². The molecule has 2 aromatic rings. The fraction of sp³-hybridized carbons (Fsp3) is 0.263. The first-order chi connectivity index (χ1) is 12.8. The van der Waals surface area contributed by atoms with E-state index >= 15 is 0 Å². The van der Waals surface area contributed by atoms with Crippen LogP contribution >= 0.6 is 35.4 Å². The Morgan fingerprint density at radius 1 is 1.26 bits per heavy atom. The summed E-state index contributed by atoms with van der Waals surface area (Å²) in [6.07, 6.45) is 1.64. The third-order valence-electron chi connectivity index (χ3n) is 3.75. The van der Waals surface area contributed by atoms with Crippen LogP contribution in [-0.4, -0.2) is 22.5 Å². The van der Waals surface area contributed by atoms with Gasteiger partial charge in [-0.3, -0.25) is 9.69 Å². The van der Waals surface area contributed by atoms with E-state index < -0.39 is 0 Å². The van der Waals surface area contributed by atoms with Crippen LogP contribution in [0.2, 0.25) is 10.0 Å². The number of halogens is 2. The van der Waals surface area contributed by atoms with Crippen molar-refractivity contribution in [3.8, 4) is 5.75 Å². The van der Waals surface area contributed by atoms with E-state index in [1.54, 1.807) is 41.3 Å². The lowest BCUT2D eigenvalue weighted by Gasteiger charge is -2.15. The Kier molecular flexibility index (Phi) is 6.09. The number of thiocarbonyl (C=S) groups is 1. The molecular formula is C19H18Cl2N2O3S. The fourth-order valence-corrected chi connectivity index (χ4v) is 3.07. The number of nitrogens with zero attached hydrogens (tertiary/aromatic N) is 1. The van der Waals surface area contributed by atoms with E-state index in [0.717, 1.165) is 0 Å². The Balaban J connectivity index is 1.65. The molecule has 0 spiro atoms. The molecule has 1 aromatic heterocycles. The normalized spacial score (nSPS) is 15.7. The van der Waals surface area contributed by atoms with E-state index in [1.807, 2.05) is 13.8 Å². The third-order valence-corrected chi connectivity index (χ3v) is 4.81. The average molecular weight is 425 g/mol. The van der Waals surface area contributed by atoms with Crippen LogP contribution in [0.1, 0.15) is 25.4 Å². The number of hydrogen-bond acceptors (Lipinski definition) is 4. The van der Waals surface area contributed by atoms with Gasteiger partial charge in [0.2, 0.25) is 0 Å². The van der Waals surface area contributed by atoms with Crippen molar-refractivity contribution < 1.29 is 13.9 Å². The highest BCUT2D eigenvalue weighted by Gasteiger charge is 2.31. The van der Waals surface area contributed by atoms with Crippen LogP contribution in [-0.2, 0) is 11.4 Å². The van der Waals surface area contributed by atoms with Crippen LogP contribution in [0, 0.1) is 5.92 Å². The molecule has 142 valence electrons. The molecule has 1 amide bonds. The molecule has 1 fully saturated rings. The lowest BCUT2D eigenvalue weighted by molar-refractivity contribution is -0.122. The Bertz CT molecular complexity index is 908. The maximum atomic E-state index is 12.5. The number of carbonyl (C=O) groups excluding carboxylic acids is 1. The van der Waals surface area contributed by atoms with E-state index in [9.17, 15) is 4.79 Å². The quantitative estimate of drug-likeness (QED) is 0.528. The molecule has 1 aliphatic heterocycles. The van der Waals surface area contributed by atoms with Gasteiger partial charge in [0.15, 0.2) is 5.11 Å². The van der Waals surface area contributed by atoms with Crippen LogP contribution < -0.4 is 10.1 Å². The minimum atomic E-state index is -0.154. The van der Waals surface area contributed by atoms with Crippen molar-refractivity contribution in [1.29, 1.82) is 0 Å². The molecular weight excluding hydrogens is 407 g/mol. The highest BCUT2D eigenvalue weighted by molar-refractivity contribution is 7.80. The van der Waals surface area contributed by atoms with Gasteiger partial charge in [-0.15, -0.1) is 0 Å². The molecule has 0 aliphatic carbocycles. The largest absolute Gasteiger partial charge is 0.486 e. The van der Waals surface area contributed by atoms with Crippen molar-refractivity contribution in [2.45, 2.75) is 20.5 Å². The predicted molar refractivity (Wildman–Crippen MR) is 110 cm³/mol. The molecule has 1 aliphatic rings. The summed E-state index contributed by atoms with van der Waals surface area (Å²) in [4.78, 5) is 14.0. The number of hydrogen-bond donors (Lipinski definition) is 1. The predicted octanol–water partition coefficient (Wildman–Crippen LogP) is 4.88. The smallest absolute Gasteiger partial charge is 0.276 e. The lowest BCUT2D eigenvalue weighted by Crippen LogP contribution is -2.33. The van der Waals surface area contributed by atoms with Crippen molar-refractivity contribution in [2.75, 3.05) is 6.54 Å². The summed E-state index contributed by atoms with van der Waals surface area (Å²) in [5.74, 6) is 1.90. The zero-order valence-electron chi connectivity index (χ0n) is 14.8. The summed E-state index contributed by atoms with van der Waals surface area (Å²) < 4.78 is 11.3. The average Bonchev–Trinajstić information content (AvgIpc) is 3.16.